The Morgan fingerprint density at radius 2 is 1.63 bits per heavy atom. The third kappa shape index (κ3) is 8.50. The van der Waals surface area contributed by atoms with Crippen LogP contribution in [0.25, 0.3) is 0 Å². The Bertz CT molecular complexity index is 1180. The molecule has 0 aromatic heterocycles. The molecule has 0 saturated heterocycles. The van der Waals surface area contributed by atoms with Crippen molar-refractivity contribution in [3.8, 4) is 5.75 Å². The van der Waals surface area contributed by atoms with Crippen LogP contribution in [0.1, 0.15) is 65.1 Å². The highest BCUT2D eigenvalue weighted by Gasteiger charge is 2.42. The van der Waals surface area contributed by atoms with E-state index >= 15 is 0 Å². The molecule has 0 heterocycles. The smallest absolute Gasteiger partial charge is 0.408 e. The van der Waals surface area contributed by atoms with Crippen molar-refractivity contribution < 1.29 is 29.0 Å². The fourth-order valence-corrected chi connectivity index (χ4v) is 3.89. The zero-order chi connectivity index (χ0) is 28.8. The maximum Gasteiger partial charge on any atom is 0.408 e. The van der Waals surface area contributed by atoms with Crippen LogP contribution in [0.2, 0.25) is 0 Å². The van der Waals surface area contributed by atoms with Crippen LogP contribution in [0.4, 0.5) is 10.5 Å². The van der Waals surface area contributed by atoms with E-state index in [1.54, 1.807) is 65.8 Å². The second-order valence-electron chi connectivity index (χ2n) is 11.1. The summed E-state index contributed by atoms with van der Waals surface area (Å²) in [5.41, 5.74) is 5.26. The number of rotatable bonds is 8. The molecule has 2 rings (SSSR count). The van der Waals surface area contributed by atoms with Crippen LogP contribution in [-0.4, -0.2) is 51.0 Å². The van der Waals surface area contributed by atoms with Crippen LogP contribution in [-0.2, 0) is 19.1 Å². The number of nitrogens with one attached hydrogen (secondary N) is 2. The van der Waals surface area contributed by atoms with E-state index in [0.717, 1.165) is 5.56 Å². The minimum absolute atomic E-state index is 0.0990. The van der Waals surface area contributed by atoms with Gasteiger partial charge in [-0.3, -0.25) is 14.4 Å². The van der Waals surface area contributed by atoms with Crippen LogP contribution < -0.4 is 16.4 Å². The number of phenols is 1. The molecule has 0 aliphatic heterocycles. The second-order valence-corrected chi connectivity index (χ2v) is 11.1. The molecule has 38 heavy (non-hydrogen) atoms. The average Bonchev–Trinajstić information content (AvgIpc) is 2.75. The van der Waals surface area contributed by atoms with Crippen LogP contribution in [0.15, 0.2) is 48.5 Å². The number of para-hydroxylation sites is 1. The van der Waals surface area contributed by atoms with Crippen molar-refractivity contribution in [1.29, 1.82) is 0 Å². The summed E-state index contributed by atoms with van der Waals surface area (Å²) in [5.74, 6) is -2.21. The largest absolute Gasteiger partial charge is 0.508 e. The first kappa shape index (κ1) is 30.1. The molecule has 2 aromatic rings. The lowest BCUT2D eigenvalue weighted by atomic mass is 9.94. The number of aryl methyl sites for hydroxylation is 1. The lowest BCUT2D eigenvalue weighted by molar-refractivity contribution is -0.147. The number of amides is 4. The number of hydrogen-bond donors (Lipinski definition) is 4. The Balaban J connectivity index is 2.61. The van der Waals surface area contributed by atoms with Crippen molar-refractivity contribution in [3.05, 3.63) is 59.7 Å². The number of ether oxygens (including phenoxy) is 1. The number of hydrogen-bond acceptors (Lipinski definition) is 6. The van der Waals surface area contributed by atoms with Crippen LogP contribution in [0, 0.1) is 6.92 Å². The van der Waals surface area contributed by atoms with Crippen LogP contribution in [0.3, 0.4) is 0 Å². The first-order valence-electron chi connectivity index (χ1n) is 12.3. The number of carbonyl (C=O) groups is 4. The molecular weight excluding hydrogens is 488 g/mol. The van der Waals surface area contributed by atoms with Gasteiger partial charge in [0.05, 0.1) is 6.42 Å². The molecule has 0 bridgehead atoms. The number of carbonyl (C=O) groups excluding carboxylic acids is 4. The molecule has 5 N–H and O–H groups in total. The van der Waals surface area contributed by atoms with Gasteiger partial charge >= 0.3 is 6.09 Å². The number of nitrogens with two attached hydrogens (primary N) is 1. The number of aromatic hydroxyl groups is 1. The predicted molar refractivity (Wildman–Crippen MR) is 144 cm³/mol. The summed E-state index contributed by atoms with van der Waals surface area (Å²) in [5, 5.41) is 15.5. The topological polar surface area (TPSA) is 151 Å². The SMILES string of the molecule is Cc1ccccc1NC(=O)C(c1cccc(O)c1)N(C(=O)C(CC(N)=O)NC(=O)OC(C)(C)C)C(C)(C)C. The number of alkyl carbamates (subject to hydrolysis) is 1. The number of primary amides is 1. The molecule has 0 spiro atoms. The van der Waals surface area contributed by atoms with Gasteiger partial charge in [0.1, 0.15) is 23.4 Å². The molecular formula is C28H38N4O6. The van der Waals surface area contributed by atoms with E-state index in [1.165, 1.54) is 17.0 Å². The lowest BCUT2D eigenvalue weighted by Crippen LogP contribution is -2.58. The van der Waals surface area contributed by atoms with Gasteiger partial charge in [-0.05, 0) is 77.8 Å². The Kier molecular flexibility index (Phi) is 9.50. The molecule has 2 atom stereocenters. The minimum atomic E-state index is -1.41. The summed E-state index contributed by atoms with van der Waals surface area (Å²) in [4.78, 5) is 53.6. The number of phenolic OH excluding ortho intramolecular Hbond substituents is 1. The molecule has 0 aliphatic carbocycles. The Labute approximate surface area is 223 Å². The van der Waals surface area contributed by atoms with Crippen molar-refractivity contribution in [2.75, 3.05) is 5.32 Å². The van der Waals surface area contributed by atoms with Gasteiger partial charge in [0.15, 0.2) is 0 Å². The summed E-state index contributed by atoms with van der Waals surface area (Å²) in [6, 6.07) is 10.5. The zero-order valence-corrected chi connectivity index (χ0v) is 23.0. The van der Waals surface area contributed by atoms with Gasteiger partial charge in [0, 0.05) is 11.2 Å². The fraction of sp³-hybridized carbons (Fsp3) is 0.429. The second kappa shape index (κ2) is 12.0. The summed E-state index contributed by atoms with van der Waals surface area (Å²) in [7, 11) is 0. The number of anilines is 1. The van der Waals surface area contributed by atoms with E-state index in [-0.39, 0.29) is 5.75 Å². The van der Waals surface area contributed by atoms with Gasteiger partial charge in [0.2, 0.25) is 11.8 Å². The standard InChI is InChI=1S/C28H38N4O6/c1-17-11-8-9-14-20(17)30-24(35)23(18-12-10-13-19(33)15-18)32(27(2,3)4)25(36)21(16-22(29)34)31-26(37)38-28(5,6)7/h8-15,21,23,33H,16H2,1-7H3,(H2,29,34)(H,30,35)(H,31,37). The normalized spacial score (nSPS) is 13.1. The van der Waals surface area contributed by atoms with Crippen molar-refractivity contribution in [3.63, 3.8) is 0 Å². The first-order valence-corrected chi connectivity index (χ1v) is 12.3. The van der Waals surface area contributed by atoms with E-state index < -0.39 is 53.5 Å². The Morgan fingerprint density at radius 1 is 1.00 bits per heavy atom. The molecule has 10 nitrogen and oxygen atoms in total. The lowest BCUT2D eigenvalue weighted by Gasteiger charge is -2.43. The molecule has 10 heteroatoms. The van der Waals surface area contributed by atoms with E-state index in [2.05, 4.69) is 10.6 Å². The highest BCUT2D eigenvalue weighted by molar-refractivity contribution is 6.00. The summed E-state index contributed by atoms with van der Waals surface area (Å²) in [6.07, 6.45) is -1.43. The van der Waals surface area contributed by atoms with Gasteiger partial charge in [-0.25, -0.2) is 4.79 Å². The van der Waals surface area contributed by atoms with Crippen molar-refractivity contribution in [2.24, 2.45) is 5.73 Å². The fourth-order valence-electron chi connectivity index (χ4n) is 3.89. The van der Waals surface area contributed by atoms with Crippen molar-refractivity contribution in [2.45, 2.75) is 78.1 Å². The van der Waals surface area contributed by atoms with Crippen LogP contribution in [0.5, 0.6) is 5.75 Å². The zero-order valence-electron chi connectivity index (χ0n) is 23.0. The minimum Gasteiger partial charge on any atom is -0.508 e. The highest BCUT2D eigenvalue weighted by atomic mass is 16.6. The van der Waals surface area contributed by atoms with Gasteiger partial charge in [0.25, 0.3) is 5.91 Å². The number of benzene rings is 2. The summed E-state index contributed by atoms with van der Waals surface area (Å²) < 4.78 is 5.28. The van der Waals surface area contributed by atoms with E-state index in [0.29, 0.717) is 11.3 Å². The first-order chi connectivity index (χ1) is 17.5. The molecule has 2 aromatic carbocycles. The molecule has 0 aliphatic rings. The third-order valence-electron chi connectivity index (χ3n) is 5.45. The predicted octanol–water partition coefficient (Wildman–Crippen LogP) is 3.78. The van der Waals surface area contributed by atoms with Gasteiger partial charge in [-0.15, -0.1) is 0 Å². The van der Waals surface area contributed by atoms with E-state index in [4.69, 9.17) is 10.5 Å². The van der Waals surface area contributed by atoms with Gasteiger partial charge in [-0.2, -0.15) is 0 Å². The van der Waals surface area contributed by atoms with E-state index in [9.17, 15) is 24.3 Å². The molecule has 4 amide bonds. The number of nitrogens with zero attached hydrogens (tertiary/aromatic N) is 1. The third-order valence-corrected chi connectivity index (χ3v) is 5.45. The highest BCUT2D eigenvalue weighted by Crippen LogP contribution is 2.33. The monoisotopic (exact) mass is 526 g/mol. The molecule has 206 valence electrons. The molecule has 2 unspecified atom stereocenters. The van der Waals surface area contributed by atoms with Crippen molar-refractivity contribution in [1.82, 2.24) is 10.2 Å². The molecule has 0 fully saturated rings. The Hall–Kier alpha value is -4.08. The van der Waals surface area contributed by atoms with Crippen LogP contribution >= 0.6 is 0 Å². The van der Waals surface area contributed by atoms with Gasteiger partial charge < -0.3 is 31.1 Å². The molecule has 0 radical (unpaired) electrons. The van der Waals surface area contributed by atoms with Gasteiger partial charge in [-0.1, -0.05) is 30.3 Å². The van der Waals surface area contributed by atoms with E-state index in [1.807, 2.05) is 19.1 Å². The quantitative estimate of drug-likeness (QED) is 0.411. The van der Waals surface area contributed by atoms with Crippen molar-refractivity contribution >= 4 is 29.5 Å². The summed E-state index contributed by atoms with van der Waals surface area (Å²) >= 11 is 0. The summed E-state index contributed by atoms with van der Waals surface area (Å²) in [6.45, 7) is 12.0. The average molecular weight is 527 g/mol. The molecule has 0 saturated carbocycles. The Morgan fingerprint density at radius 3 is 2.16 bits per heavy atom. The maximum atomic E-state index is 14.1. The maximum absolute atomic E-state index is 14.1.